The largest absolute Gasteiger partial charge is 0.250 e. The number of hydrazone groups is 1. The second-order valence-corrected chi connectivity index (χ2v) is 6.59. The van der Waals surface area contributed by atoms with Crippen LogP contribution in [-0.2, 0) is 0 Å². The Labute approximate surface area is 114 Å². The fourth-order valence-electron chi connectivity index (χ4n) is 2.28. The van der Waals surface area contributed by atoms with E-state index in [1.165, 1.54) is 36.4 Å². The maximum atomic E-state index is 4.74. The van der Waals surface area contributed by atoms with E-state index in [0.717, 1.165) is 11.6 Å². The Balaban J connectivity index is 1.96. The van der Waals surface area contributed by atoms with E-state index in [1.54, 1.807) is 11.8 Å². The Kier molecular flexibility index (Phi) is 4.15. The molecule has 0 aromatic carbocycles. The molecule has 2 rings (SSSR count). The van der Waals surface area contributed by atoms with Crippen molar-refractivity contribution in [2.24, 2.45) is 10.1 Å². The maximum absolute atomic E-state index is 4.74. The summed E-state index contributed by atoms with van der Waals surface area (Å²) in [6.45, 7) is 8.63. The number of thioether (sulfide) groups is 1. The lowest BCUT2D eigenvalue weighted by Gasteiger charge is -2.27. The van der Waals surface area contributed by atoms with Crippen LogP contribution in [0.4, 0.5) is 0 Å². The Morgan fingerprint density at radius 1 is 1.28 bits per heavy atom. The zero-order valence-corrected chi connectivity index (χ0v) is 12.7. The molecule has 0 saturated carbocycles. The number of aliphatic imine (C=N–C) groups is 1. The molecule has 0 atom stereocenters. The number of amidine groups is 1. The zero-order valence-electron chi connectivity index (χ0n) is 11.9. The molecular weight excluding hydrogens is 242 g/mol. The molecule has 2 heterocycles. The molecule has 2 aliphatic heterocycles. The van der Waals surface area contributed by atoms with Crippen molar-refractivity contribution in [1.82, 2.24) is 5.01 Å². The summed E-state index contributed by atoms with van der Waals surface area (Å²) in [7, 11) is 0. The van der Waals surface area contributed by atoms with Crippen molar-refractivity contribution in [1.29, 1.82) is 0 Å². The average molecular weight is 265 g/mol. The van der Waals surface area contributed by atoms with E-state index in [4.69, 9.17) is 4.99 Å². The molecule has 0 saturated heterocycles. The Morgan fingerprint density at radius 3 is 2.78 bits per heavy atom. The van der Waals surface area contributed by atoms with Crippen molar-refractivity contribution < 1.29 is 0 Å². The van der Waals surface area contributed by atoms with Crippen LogP contribution in [0.3, 0.4) is 0 Å². The summed E-state index contributed by atoms with van der Waals surface area (Å²) in [4.78, 5) is 4.74. The third-order valence-corrected chi connectivity index (χ3v) is 4.09. The van der Waals surface area contributed by atoms with Crippen molar-refractivity contribution in [2.75, 3.05) is 0 Å². The first-order chi connectivity index (χ1) is 8.52. The highest BCUT2D eigenvalue weighted by Crippen LogP contribution is 2.33. The van der Waals surface area contributed by atoms with E-state index in [2.05, 4.69) is 38.9 Å². The van der Waals surface area contributed by atoms with Gasteiger partial charge in [-0.2, -0.15) is 5.10 Å². The summed E-state index contributed by atoms with van der Waals surface area (Å²) in [5.74, 6) is 0. The molecular formula is C14H23N3S. The van der Waals surface area contributed by atoms with Gasteiger partial charge >= 0.3 is 0 Å². The van der Waals surface area contributed by atoms with Crippen LogP contribution in [0.25, 0.3) is 0 Å². The van der Waals surface area contributed by atoms with Gasteiger partial charge in [0, 0.05) is 5.70 Å². The van der Waals surface area contributed by atoms with Gasteiger partial charge in [-0.15, -0.1) is 0 Å². The zero-order chi connectivity index (χ0) is 13.2. The second kappa shape index (κ2) is 5.47. The smallest absolute Gasteiger partial charge is 0.191 e. The van der Waals surface area contributed by atoms with Gasteiger partial charge in [0.05, 0.1) is 5.54 Å². The molecule has 0 aromatic heterocycles. The third kappa shape index (κ3) is 3.16. The van der Waals surface area contributed by atoms with Crippen molar-refractivity contribution in [2.45, 2.75) is 65.3 Å². The fraction of sp³-hybridized carbons (Fsp3) is 0.714. The summed E-state index contributed by atoms with van der Waals surface area (Å²) in [5, 5.41) is 8.92. The van der Waals surface area contributed by atoms with E-state index in [1.807, 2.05) is 5.01 Å². The van der Waals surface area contributed by atoms with Crippen molar-refractivity contribution in [3.05, 3.63) is 11.8 Å². The minimum atomic E-state index is -0.0872. The number of hydrogen-bond acceptors (Lipinski definition) is 4. The Bertz CT molecular complexity index is 407. The molecule has 2 aliphatic rings. The minimum absolute atomic E-state index is 0.0872. The van der Waals surface area contributed by atoms with Gasteiger partial charge in [-0.05, 0) is 51.5 Å². The first-order valence-electron chi connectivity index (χ1n) is 6.86. The van der Waals surface area contributed by atoms with Crippen LogP contribution in [0, 0.1) is 0 Å². The lowest BCUT2D eigenvalue weighted by atomic mass is 10.0. The van der Waals surface area contributed by atoms with E-state index < -0.39 is 0 Å². The molecule has 0 bridgehead atoms. The van der Waals surface area contributed by atoms with Gasteiger partial charge in [0.25, 0.3) is 0 Å². The van der Waals surface area contributed by atoms with Crippen molar-refractivity contribution in [3.63, 3.8) is 0 Å². The number of fused-ring (bicyclic) bond motifs is 1. The van der Waals surface area contributed by atoms with Gasteiger partial charge in [0.1, 0.15) is 5.04 Å². The van der Waals surface area contributed by atoms with Crippen LogP contribution >= 0.6 is 11.8 Å². The first-order valence-corrected chi connectivity index (χ1v) is 7.68. The lowest BCUT2D eigenvalue weighted by molar-refractivity contribution is 0.505. The van der Waals surface area contributed by atoms with Crippen LogP contribution in [0.15, 0.2) is 21.9 Å². The molecule has 4 heteroatoms. The van der Waals surface area contributed by atoms with Gasteiger partial charge in [0.15, 0.2) is 5.17 Å². The van der Waals surface area contributed by atoms with Crippen LogP contribution in [-0.4, -0.2) is 20.8 Å². The number of unbranched alkanes of at least 4 members (excludes halogenated alkanes) is 3. The summed E-state index contributed by atoms with van der Waals surface area (Å²) in [6.07, 6.45) is 8.44. The number of rotatable bonds is 5. The molecule has 18 heavy (non-hydrogen) atoms. The normalized spacial score (nSPS) is 21.3. The molecule has 0 N–H and O–H groups in total. The van der Waals surface area contributed by atoms with Crippen LogP contribution in [0.1, 0.15) is 59.8 Å². The van der Waals surface area contributed by atoms with E-state index >= 15 is 0 Å². The number of nitrogens with zero attached hydrogens (tertiary/aromatic N) is 3. The van der Waals surface area contributed by atoms with Gasteiger partial charge in [0.2, 0.25) is 0 Å². The molecule has 0 radical (unpaired) electrons. The van der Waals surface area contributed by atoms with Gasteiger partial charge in [-0.3, -0.25) is 0 Å². The quantitative estimate of drug-likeness (QED) is 0.690. The molecule has 100 valence electrons. The molecule has 0 unspecified atom stereocenters. The Morgan fingerprint density at radius 2 is 2.06 bits per heavy atom. The molecule has 0 aliphatic carbocycles. The van der Waals surface area contributed by atoms with E-state index in [-0.39, 0.29) is 5.54 Å². The highest BCUT2D eigenvalue weighted by Gasteiger charge is 2.31. The van der Waals surface area contributed by atoms with Crippen molar-refractivity contribution >= 4 is 22.0 Å². The standard InChI is InChI=1S/C14H23N3S/c1-5-6-7-8-9-12-16-17-11(2)10-14(3,4)15-13(17)18-12/h10H,5-9H2,1-4H3. The molecule has 0 amide bonds. The molecule has 0 spiro atoms. The predicted octanol–water partition coefficient (Wildman–Crippen LogP) is 4.37. The average Bonchev–Trinajstić information content (AvgIpc) is 2.66. The van der Waals surface area contributed by atoms with E-state index in [0.29, 0.717) is 0 Å². The van der Waals surface area contributed by atoms with Crippen LogP contribution < -0.4 is 0 Å². The lowest BCUT2D eigenvalue weighted by Crippen LogP contribution is -2.29. The number of allylic oxidation sites excluding steroid dienone is 1. The first kappa shape index (κ1) is 13.7. The summed E-state index contributed by atoms with van der Waals surface area (Å²) in [6, 6.07) is 0. The fourth-order valence-corrected chi connectivity index (χ4v) is 3.41. The highest BCUT2D eigenvalue weighted by molar-refractivity contribution is 8.26. The topological polar surface area (TPSA) is 28.0 Å². The monoisotopic (exact) mass is 265 g/mol. The minimum Gasteiger partial charge on any atom is -0.250 e. The molecule has 0 fully saturated rings. The van der Waals surface area contributed by atoms with Gasteiger partial charge in [-0.1, -0.05) is 26.2 Å². The predicted molar refractivity (Wildman–Crippen MR) is 80.9 cm³/mol. The Hall–Kier alpha value is -0.770. The third-order valence-electron chi connectivity index (χ3n) is 3.13. The van der Waals surface area contributed by atoms with Crippen LogP contribution in [0.5, 0.6) is 0 Å². The van der Waals surface area contributed by atoms with E-state index in [9.17, 15) is 0 Å². The maximum Gasteiger partial charge on any atom is 0.191 e. The second-order valence-electron chi connectivity index (χ2n) is 5.55. The number of hydrogen-bond donors (Lipinski definition) is 0. The summed E-state index contributed by atoms with van der Waals surface area (Å²) >= 11 is 1.74. The SMILES string of the molecule is CCCCCCC1=NN2C(C)=CC(C)(C)N=C2S1. The van der Waals surface area contributed by atoms with Gasteiger partial charge in [-0.25, -0.2) is 10.0 Å². The highest BCUT2D eigenvalue weighted by atomic mass is 32.2. The molecule has 3 nitrogen and oxygen atoms in total. The summed E-state index contributed by atoms with van der Waals surface area (Å²) in [5.41, 5.74) is 1.11. The molecule has 0 aromatic rings. The summed E-state index contributed by atoms with van der Waals surface area (Å²) < 4.78 is 0. The van der Waals surface area contributed by atoms with Crippen molar-refractivity contribution in [3.8, 4) is 0 Å². The van der Waals surface area contributed by atoms with Gasteiger partial charge < -0.3 is 0 Å². The van der Waals surface area contributed by atoms with Crippen LogP contribution in [0.2, 0.25) is 0 Å².